The minimum atomic E-state index is -0.486. The van der Waals surface area contributed by atoms with E-state index in [1.54, 1.807) is 0 Å². The molecule has 0 heterocycles. The Bertz CT molecular complexity index is 30.0. The summed E-state index contributed by atoms with van der Waals surface area (Å²) < 4.78 is 0. The number of hydrogen-bond acceptors (Lipinski definition) is 0. The molecule has 0 saturated heterocycles. The molecule has 0 fully saturated rings. The van der Waals surface area contributed by atoms with Crippen LogP contribution in [-0.2, 0) is 0 Å². The molecule has 0 bridgehead atoms. The predicted octanol–water partition coefficient (Wildman–Crippen LogP) is 2.66. The third-order valence-electron chi connectivity index (χ3n) is 0.231. The van der Waals surface area contributed by atoms with Crippen molar-refractivity contribution >= 4 is 54.4 Å². The van der Waals surface area contributed by atoms with Gasteiger partial charge in [0.15, 0.2) is 0 Å². The molecule has 0 unspecified atom stereocenters. The van der Waals surface area contributed by atoms with Gasteiger partial charge in [0.1, 0.15) is 0 Å². The molecule has 0 nitrogen and oxygen atoms in total. The van der Waals surface area contributed by atoms with E-state index < -0.39 is 10.3 Å². The van der Waals surface area contributed by atoms with Gasteiger partial charge in [0.25, 0.3) is 0 Å². The second-order valence-electron chi connectivity index (χ2n) is 0.670. The monoisotopic (exact) mass is 345 g/mol. The zero-order chi connectivity index (χ0) is 4.99. The van der Waals surface area contributed by atoms with Crippen LogP contribution in [0.15, 0.2) is 0 Å². The van der Waals surface area contributed by atoms with Gasteiger partial charge in [0.05, 0.1) is 0 Å². The molecule has 0 aromatic carbocycles. The van der Waals surface area contributed by atoms with E-state index >= 15 is 0 Å². The van der Waals surface area contributed by atoms with Gasteiger partial charge >= 0.3 is 65.1 Å². The van der Waals surface area contributed by atoms with Crippen molar-refractivity contribution in [2.75, 3.05) is 5.33 Å². The van der Waals surface area contributed by atoms with E-state index in [4.69, 9.17) is 0 Å². The van der Waals surface area contributed by atoms with Crippen LogP contribution in [0.3, 0.4) is 0 Å². The summed E-state index contributed by atoms with van der Waals surface area (Å²) in [6.45, 7) is 0. The first-order valence-electron chi connectivity index (χ1n) is 1.36. The molecule has 0 aromatic rings. The summed E-state index contributed by atoms with van der Waals surface area (Å²) >= 11 is 10.2. The normalized spacial score (nSPS) is 10.0. The molecule has 0 aromatic heterocycles. The number of rotatable bonds is 2. The number of halogens is 3. The van der Waals surface area contributed by atoms with Crippen molar-refractivity contribution in [3.05, 3.63) is 0 Å². The minimum absolute atomic E-state index is 0.486. The number of hydrogen-bond donors (Lipinski definition) is 0. The molecule has 39 valence electrons. The molecule has 0 aliphatic rings. The van der Waals surface area contributed by atoms with E-state index in [1.807, 2.05) is 0 Å². The summed E-state index contributed by atoms with van der Waals surface area (Å²) in [5, 5.41) is 2.36. The Morgan fingerprint density at radius 2 is 1.83 bits per heavy atom. The third kappa shape index (κ3) is 5.96. The van der Waals surface area contributed by atoms with Crippen molar-refractivity contribution in [2.24, 2.45) is 0 Å². The fourth-order valence-corrected chi connectivity index (χ4v) is 8.18. The summed E-state index contributed by atoms with van der Waals surface area (Å²) in [5.41, 5.74) is 0. The van der Waals surface area contributed by atoms with Crippen LogP contribution < -0.4 is 0 Å². The molecule has 1 radical (unpaired) electrons. The molecule has 0 spiro atoms. The Kier molecular flexibility index (Phi) is 6.77. The van der Waals surface area contributed by atoms with Crippen LogP contribution in [-0.4, -0.2) is 15.6 Å². The summed E-state index contributed by atoms with van der Waals surface area (Å²) in [5.74, 6) is 0. The Morgan fingerprint density at radius 1 is 1.33 bits per heavy atom. The Balaban J connectivity index is 2.63. The molecule has 0 saturated carbocycles. The first kappa shape index (κ1) is 7.96. The van der Waals surface area contributed by atoms with E-state index in [0.29, 0.717) is 0 Å². The molecule has 0 N–H and O–H groups in total. The first-order chi connectivity index (χ1) is 2.77. The van der Waals surface area contributed by atoms with Crippen LogP contribution in [0.25, 0.3) is 0 Å². The van der Waals surface area contributed by atoms with Gasteiger partial charge in [0, 0.05) is 0 Å². The van der Waals surface area contributed by atoms with E-state index in [2.05, 4.69) is 44.2 Å². The predicted molar refractivity (Wildman–Crippen MR) is 42.2 cm³/mol. The van der Waals surface area contributed by atoms with Crippen molar-refractivity contribution in [1.29, 1.82) is 0 Å². The molecule has 4 heteroatoms. The van der Waals surface area contributed by atoms with E-state index in [9.17, 15) is 0 Å². The molecular formula is C2H4Br3Se. The van der Waals surface area contributed by atoms with E-state index in [0.717, 1.165) is 5.33 Å². The van der Waals surface area contributed by atoms with Crippen molar-refractivity contribution in [3.8, 4) is 0 Å². The molecule has 6 heavy (non-hydrogen) atoms. The average Bonchev–Trinajstić information content (AvgIpc) is 1.35. The maximum absolute atomic E-state index is 3.45. The molecule has 0 amide bonds. The second kappa shape index (κ2) is 5.10. The molecule has 0 atom stereocenters. The first-order valence-corrected chi connectivity index (χ1v) is 11.7. The third-order valence-corrected chi connectivity index (χ3v) is 6.25. The summed E-state index contributed by atoms with van der Waals surface area (Å²) in [6.07, 6.45) is 0. The van der Waals surface area contributed by atoms with E-state index in [-0.39, 0.29) is 0 Å². The maximum atomic E-state index is 3.45. The zero-order valence-electron chi connectivity index (χ0n) is 2.96. The van der Waals surface area contributed by atoms with Gasteiger partial charge in [-0.1, -0.05) is 0 Å². The van der Waals surface area contributed by atoms with Crippen LogP contribution in [0.2, 0.25) is 5.32 Å². The summed E-state index contributed by atoms with van der Waals surface area (Å²) in [6, 6.07) is 0. The van der Waals surface area contributed by atoms with Crippen LogP contribution in [0.4, 0.5) is 0 Å². The van der Waals surface area contributed by atoms with Crippen LogP contribution in [0.1, 0.15) is 0 Å². The Labute approximate surface area is 64.5 Å². The van der Waals surface area contributed by atoms with Crippen LogP contribution in [0, 0.1) is 0 Å². The number of alkyl halides is 1. The van der Waals surface area contributed by atoms with Crippen molar-refractivity contribution < 1.29 is 0 Å². The van der Waals surface area contributed by atoms with E-state index in [1.165, 1.54) is 5.32 Å². The zero-order valence-corrected chi connectivity index (χ0v) is 9.43. The quantitative estimate of drug-likeness (QED) is 0.533. The van der Waals surface area contributed by atoms with Crippen molar-refractivity contribution in [3.63, 3.8) is 0 Å². The summed E-state index contributed by atoms with van der Waals surface area (Å²) in [7, 11) is -0.486. The average molecular weight is 347 g/mol. The van der Waals surface area contributed by atoms with Gasteiger partial charge in [-0.3, -0.25) is 0 Å². The fraction of sp³-hybridized carbons (Fsp3) is 1.00. The summed E-state index contributed by atoms with van der Waals surface area (Å²) in [4.78, 5) is 0. The van der Waals surface area contributed by atoms with Crippen molar-refractivity contribution in [1.82, 2.24) is 0 Å². The Morgan fingerprint density at radius 3 is 1.83 bits per heavy atom. The van der Waals surface area contributed by atoms with Gasteiger partial charge in [-0.15, -0.1) is 0 Å². The molecule has 0 rings (SSSR count). The fourth-order valence-electron chi connectivity index (χ4n) is 0.0583. The standard InChI is InChI=1S/C2H4Br3Se/c3-1-2-6(4)5/h1-2H2. The second-order valence-corrected chi connectivity index (χ2v) is 16.1. The van der Waals surface area contributed by atoms with Gasteiger partial charge < -0.3 is 0 Å². The van der Waals surface area contributed by atoms with Crippen LogP contribution >= 0.6 is 44.2 Å². The topological polar surface area (TPSA) is 0 Å². The van der Waals surface area contributed by atoms with Gasteiger partial charge in [-0.25, -0.2) is 0 Å². The van der Waals surface area contributed by atoms with Gasteiger partial charge in [-0.05, 0) is 0 Å². The molecular weight excluding hydrogens is 343 g/mol. The van der Waals surface area contributed by atoms with Crippen LogP contribution in [0.5, 0.6) is 0 Å². The van der Waals surface area contributed by atoms with Crippen molar-refractivity contribution in [2.45, 2.75) is 5.32 Å². The Hall–Kier alpha value is 1.96. The molecule has 0 aliphatic carbocycles. The molecule has 0 aliphatic heterocycles. The SMILES string of the molecule is BrCC[Se](Br)Br. The van der Waals surface area contributed by atoms with Gasteiger partial charge in [-0.2, -0.15) is 0 Å². The van der Waals surface area contributed by atoms with Gasteiger partial charge in [0.2, 0.25) is 0 Å².